The molecule has 0 saturated carbocycles. The summed E-state index contributed by atoms with van der Waals surface area (Å²) >= 11 is 0. The second kappa shape index (κ2) is 54.2. The van der Waals surface area contributed by atoms with Crippen molar-refractivity contribution in [3.8, 4) is 0 Å². The zero-order valence-corrected chi connectivity index (χ0v) is 47.6. The number of hydrogen-bond acceptors (Lipinski definition) is 6. The molecule has 0 aliphatic heterocycles. The van der Waals surface area contributed by atoms with Gasteiger partial charge in [0.05, 0.1) is 0 Å². The van der Waals surface area contributed by atoms with Crippen molar-refractivity contribution in [1.82, 2.24) is 0 Å². The van der Waals surface area contributed by atoms with E-state index in [1.54, 1.807) is 0 Å². The van der Waals surface area contributed by atoms with Gasteiger partial charge in [-0.25, -0.2) is 0 Å². The van der Waals surface area contributed by atoms with E-state index in [0.29, 0.717) is 19.3 Å². The molecule has 0 rings (SSSR count). The maximum absolute atomic E-state index is 12.9. The summed E-state index contributed by atoms with van der Waals surface area (Å²) in [6.07, 6.45) is 58.2. The van der Waals surface area contributed by atoms with Gasteiger partial charge in [0.15, 0.2) is 6.10 Å². The highest BCUT2D eigenvalue weighted by atomic mass is 16.6. The van der Waals surface area contributed by atoms with Crippen LogP contribution in [0, 0.1) is 17.8 Å². The Kier molecular flexibility index (Phi) is 52.9. The van der Waals surface area contributed by atoms with Crippen LogP contribution in [-0.2, 0) is 28.6 Å². The Morgan fingerprint density at radius 1 is 0.246 bits per heavy atom. The summed E-state index contributed by atoms with van der Waals surface area (Å²) < 4.78 is 16.9. The summed E-state index contributed by atoms with van der Waals surface area (Å²) in [5.41, 5.74) is 0. The molecule has 6 heteroatoms. The van der Waals surface area contributed by atoms with Gasteiger partial charge in [-0.15, -0.1) is 0 Å². The Hall–Kier alpha value is -1.59. The van der Waals surface area contributed by atoms with E-state index >= 15 is 0 Å². The highest BCUT2D eigenvalue weighted by molar-refractivity contribution is 5.71. The summed E-state index contributed by atoms with van der Waals surface area (Å²) in [5.74, 6) is 1.68. The average molecular weight is 976 g/mol. The highest BCUT2D eigenvalue weighted by Crippen LogP contribution is 2.19. The minimum atomic E-state index is -0.764. The monoisotopic (exact) mass is 975 g/mol. The maximum Gasteiger partial charge on any atom is 0.306 e. The summed E-state index contributed by atoms with van der Waals surface area (Å²) in [4.78, 5) is 38.2. The number of esters is 3. The Morgan fingerprint density at radius 3 is 0.623 bits per heavy atom. The molecule has 0 N–H and O–H groups in total. The molecule has 0 aromatic heterocycles. The van der Waals surface area contributed by atoms with Crippen molar-refractivity contribution in [1.29, 1.82) is 0 Å². The normalized spacial score (nSPS) is 12.1. The summed E-state index contributed by atoms with van der Waals surface area (Å²) in [6.45, 7) is 13.8. The van der Waals surface area contributed by atoms with Crippen molar-refractivity contribution in [2.45, 2.75) is 356 Å². The fourth-order valence-corrected chi connectivity index (χ4v) is 9.71. The van der Waals surface area contributed by atoms with Gasteiger partial charge >= 0.3 is 17.9 Å². The summed E-state index contributed by atoms with van der Waals surface area (Å²) in [7, 11) is 0. The van der Waals surface area contributed by atoms with Gasteiger partial charge in [-0.3, -0.25) is 14.4 Å². The Bertz CT molecular complexity index is 1070. The van der Waals surface area contributed by atoms with Gasteiger partial charge in [0.25, 0.3) is 0 Å². The minimum absolute atomic E-state index is 0.0631. The number of unbranched alkanes of at least 4 members (excludes halogenated alkanes) is 39. The molecular weight excluding hydrogens is 853 g/mol. The van der Waals surface area contributed by atoms with Crippen LogP contribution in [0.15, 0.2) is 0 Å². The molecule has 0 aromatic carbocycles. The first kappa shape index (κ1) is 67.4. The molecule has 0 bridgehead atoms. The Morgan fingerprint density at radius 2 is 0.420 bits per heavy atom. The van der Waals surface area contributed by atoms with Crippen LogP contribution >= 0.6 is 0 Å². The molecular formula is C63H122O6. The lowest BCUT2D eigenvalue weighted by Crippen LogP contribution is -2.30. The lowest BCUT2D eigenvalue weighted by atomic mass is 10.0. The molecule has 0 radical (unpaired) electrons. The molecule has 0 amide bonds. The van der Waals surface area contributed by atoms with E-state index in [0.717, 1.165) is 75.5 Å². The van der Waals surface area contributed by atoms with Crippen LogP contribution in [0.2, 0.25) is 0 Å². The quantitative estimate of drug-likeness (QED) is 0.0343. The molecule has 0 saturated heterocycles. The maximum atomic E-state index is 12.9. The second-order valence-corrected chi connectivity index (χ2v) is 23.1. The predicted molar refractivity (Wildman–Crippen MR) is 298 cm³/mol. The third-order valence-electron chi connectivity index (χ3n) is 14.4. The molecule has 0 unspecified atom stereocenters. The molecule has 0 aromatic rings. The first-order valence-electron chi connectivity index (χ1n) is 31.1. The van der Waals surface area contributed by atoms with Crippen LogP contribution < -0.4 is 0 Å². The third-order valence-corrected chi connectivity index (χ3v) is 14.4. The van der Waals surface area contributed by atoms with E-state index in [1.165, 1.54) is 231 Å². The largest absolute Gasteiger partial charge is 0.462 e. The minimum Gasteiger partial charge on any atom is -0.462 e. The van der Waals surface area contributed by atoms with Crippen LogP contribution in [0.1, 0.15) is 350 Å². The summed E-state index contributed by atoms with van der Waals surface area (Å²) in [5, 5.41) is 0. The van der Waals surface area contributed by atoms with E-state index in [1.807, 2.05) is 0 Å². The Labute approximate surface area is 431 Å². The number of ether oxygens (including phenoxy) is 3. The van der Waals surface area contributed by atoms with Crippen molar-refractivity contribution >= 4 is 17.9 Å². The second-order valence-electron chi connectivity index (χ2n) is 23.1. The van der Waals surface area contributed by atoms with E-state index < -0.39 is 6.10 Å². The zero-order valence-electron chi connectivity index (χ0n) is 47.6. The number of carbonyl (C=O) groups excluding carboxylic acids is 3. The molecule has 0 aliphatic rings. The van der Waals surface area contributed by atoms with Crippen molar-refractivity contribution in [3.05, 3.63) is 0 Å². The standard InChI is InChI=1S/C63H122O6/c1-57(2)49-43-37-31-25-20-16-12-9-7-8-10-14-19-23-29-36-42-48-54-63(66)69-60(56-68-62(65)53-47-41-35-30-24-27-33-39-45-51-59(5)6)55-67-61(64)52-46-40-34-28-22-18-15-11-13-17-21-26-32-38-44-50-58(3)4/h57-60H,7-56H2,1-6H3/t60-/m1/s1. The van der Waals surface area contributed by atoms with Gasteiger partial charge in [0.2, 0.25) is 0 Å². The van der Waals surface area contributed by atoms with Crippen LogP contribution in [0.4, 0.5) is 0 Å². The predicted octanol–water partition coefficient (Wildman–Crippen LogP) is 20.7. The van der Waals surface area contributed by atoms with Gasteiger partial charge in [-0.05, 0) is 37.0 Å². The molecule has 6 nitrogen and oxygen atoms in total. The SMILES string of the molecule is CC(C)CCCCCCCCCCCCCCCCCCCCC(=O)O[C@H](COC(=O)CCCCCCCCCCCCCCCCCC(C)C)COC(=O)CCCCCCCCCCCC(C)C. The molecule has 0 heterocycles. The first-order chi connectivity index (χ1) is 33.6. The van der Waals surface area contributed by atoms with E-state index in [4.69, 9.17) is 14.2 Å². The van der Waals surface area contributed by atoms with E-state index in [9.17, 15) is 14.4 Å². The first-order valence-corrected chi connectivity index (χ1v) is 31.1. The van der Waals surface area contributed by atoms with Crippen LogP contribution in [-0.4, -0.2) is 37.2 Å². The molecule has 0 aliphatic carbocycles. The Balaban J connectivity index is 4.25. The lowest BCUT2D eigenvalue weighted by molar-refractivity contribution is -0.167. The van der Waals surface area contributed by atoms with Crippen molar-refractivity contribution < 1.29 is 28.6 Å². The summed E-state index contributed by atoms with van der Waals surface area (Å²) in [6, 6.07) is 0. The molecule has 0 fully saturated rings. The molecule has 0 spiro atoms. The fourth-order valence-electron chi connectivity index (χ4n) is 9.71. The molecule has 410 valence electrons. The topological polar surface area (TPSA) is 78.9 Å². The highest BCUT2D eigenvalue weighted by Gasteiger charge is 2.19. The van der Waals surface area contributed by atoms with Gasteiger partial charge in [-0.2, -0.15) is 0 Å². The zero-order chi connectivity index (χ0) is 50.5. The van der Waals surface area contributed by atoms with Gasteiger partial charge in [-0.1, -0.05) is 311 Å². The molecule has 69 heavy (non-hydrogen) atoms. The third kappa shape index (κ3) is 57.2. The fraction of sp³-hybridized carbons (Fsp3) is 0.952. The van der Waals surface area contributed by atoms with E-state index in [-0.39, 0.29) is 31.1 Å². The smallest absolute Gasteiger partial charge is 0.306 e. The number of hydrogen-bond donors (Lipinski definition) is 0. The average Bonchev–Trinajstić information content (AvgIpc) is 3.31. The van der Waals surface area contributed by atoms with E-state index in [2.05, 4.69) is 41.5 Å². The van der Waals surface area contributed by atoms with Crippen LogP contribution in [0.5, 0.6) is 0 Å². The van der Waals surface area contributed by atoms with Crippen LogP contribution in [0.3, 0.4) is 0 Å². The van der Waals surface area contributed by atoms with Crippen molar-refractivity contribution in [2.24, 2.45) is 17.8 Å². The van der Waals surface area contributed by atoms with Crippen molar-refractivity contribution in [3.63, 3.8) is 0 Å². The van der Waals surface area contributed by atoms with Crippen LogP contribution in [0.25, 0.3) is 0 Å². The number of carbonyl (C=O) groups is 3. The lowest BCUT2D eigenvalue weighted by Gasteiger charge is -2.18. The molecule has 1 atom stereocenters. The van der Waals surface area contributed by atoms with Gasteiger partial charge in [0, 0.05) is 19.3 Å². The van der Waals surface area contributed by atoms with Crippen molar-refractivity contribution in [2.75, 3.05) is 13.2 Å². The van der Waals surface area contributed by atoms with Gasteiger partial charge in [0.1, 0.15) is 13.2 Å². The van der Waals surface area contributed by atoms with Gasteiger partial charge < -0.3 is 14.2 Å². The number of rotatable bonds is 56.